The van der Waals surface area contributed by atoms with Gasteiger partial charge in [0, 0.05) is 27.7 Å². The van der Waals surface area contributed by atoms with Crippen molar-refractivity contribution in [1.29, 1.82) is 0 Å². The molecule has 2 heterocycles. The summed E-state index contributed by atoms with van der Waals surface area (Å²) in [6, 6.07) is 9.47. The quantitative estimate of drug-likeness (QED) is 0.641. The first-order valence-corrected chi connectivity index (χ1v) is 6.79. The van der Waals surface area contributed by atoms with Crippen molar-refractivity contribution in [3.8, 4) is 0 Å². The summed E-state index contributed by atoms with van der Waals surface area (Å²) >= 11 is 1.63. The Balaban J connectivity index is 1.83. The number of thiophene rings is 1. The Morgan fingerprint density at radius 3 is 3.05 bits per heavy atom. The van der Waals surface area contributed by atoms with Crippen LogP contribution >= 0.6 is 11.3 Å². The van der Waals surface area contributed by atoms with Crippen LogP contribution in [0.3, 0.4) is 0 Å². The standard InChI is InChI=1S/C14H13N3OS/c15-9-3-4-13-11(6-9)12(8-16-13)14(18)17-7-10-2-1-5-19-10/h1-6,8,16H,7,15H2,(H,17,18). The molecule has 19 heavy (non-hydrogen) atoms. The van der Waals surface area contributed by atoms with Gasteiger partial charge < -0.3 is 16.0 Å². The number of carbonyl (C=O) groups excluding carboxylic acids is 1. The van der Waals surface area contributed by atoms with Crippen molar-refractivity contribution in [2.45, 2.75) is 6.54 Å². The lowest BCUT2D eigenvalue weighted by atomic mass is 10.1. The number of nitrogens with one attached hydrogen (secondary N) is 2. The third-order valence-corrected chi connectivity index (χ3v) is 3.83. The molecule has 5 heteroatoms. The van der Waals surface area contributed by atoms with Crippen LogP contribution in [0, 0.1) is 0 Å². The number of rotatable bonds is 3. The van der Waals surface area contributed by atoms with Crippen molar-refractivity contribution in [1.82, 2.24) is 10.3 Å². The third kappa shape index (κ3) is 2.32. The van der Waals surface area contributed by atoms with Gasteiger partial charge in [0.25, 0.3) is 5.91 Å². The van der Waals surface area contributed by atoms with Crippen LogP contribution in [0.4, 0.5) is 5.69 Å². The molecule has 0 fully saturated rings. The van der Waals surface area contributed by atoms with Crippen LogP contribution in [0.2, 0.25) is 0 Å². The van der Waals surface area contributed by atoms with Gasteiger partial charge in [0.05, 0.1) is 12.1 Å². The third-order valence-electron chi connectivity index (χ3n) is 2.95. The summed E-state index contributed by atoms with van der Waals surface area (Å²) in [5.41, 5.74) is 7.95. The molecule has 4 N–H and O–H groups in total. The average molecular weight is 271 g/mol. The van der Waals surface area contributed by atoms with Gasteiger partial charge in [-0.25, -0.2) is 0 Å². The number of nitrogens with two attached hydrogens (primary N) is 1. The summed E-state index contributed by atoms with van der Waals surface area (Å²) in [4.78, 5) is 16.4. The van der Waals surface area contributed by atoms with Crippen molar-refractivity contribution in [2.24, 2.45) is 0 Å². The van der Waals surface area contributed by atoms with Gasteiger partial charge in [0.1, 0.15) is 0 Å². The van der Waals surface area contributed by atoms with Gasteiger partial charge in [-0.05, 0) is 29.6 Å². The maximum absolute atomic E-state index is 12.2. The predicted octanol–water partition coefficient (Wildman–Crippen LogP) is 2.74. The molecule has 96 valence electrons. The summed E-state index contributed by atoms with van der Waals surface area (Å²) in [7, 11) is 0. The van der Waals surface area contributed by atoms with Gasteiger partial charge in [-0.3, -0.25) is 4.79 Å². The van der Waals surface area contributed by atoms with Crippen molar-refractivity contribution in [3.63, 3.8) is 0 Å². The number of amides is 1. The molecule has 0 atom stereocenters. The lowest BCUT2D eigenvalue weighted by Crippen LogP contribution is -2.21. The molecule has 0 radical (unpaired) electrons. The van der Waals surface area contributed by atoms with Gasteiger partial charge in [-0.2, -0.15) is 0 Å². The van der Waals surface area contributed by atoms with Gasteiger partial charge in [-0.1, -0.05) is 6.07 Å². The summed E-state index contributed by atoms with van der Waals surface area (Å²) in [6.45, 7) is 0.547. The molecule has 4 nitrogen and oxygen atoms in total. The Kier molecular flexibility index (Phi) is 2.97. The van der Waals surface area contributed by atoms with Crippen molar-refractivity contribution < 1.29 is 4.79 Å². The molecule has 2 aromatic heterocycles. The topological polar surface area (TPSA) is 70.9 Å². The molecule has 0 saturated carbocycles. The van der Waals surface area contributed by atoms with Gasteiger partial charge in [0.15, 0.2) is 0 Å². The van der Waals surface area contributed by atoms with E-state index in [9.17, 15) is 4.79 Å². The second-order valence-corrected chi connectivity index (χ2v) is 5.30. The minimum atomic E-state index is -0.0924. The highest BCUT2D eigenvalue weighted by molar-refractivity contribution is 7.09. The number of nitrogen functional groups attached to an aromatic ring is 1. The zero-order valence-electron chi connectivity index (χ0n) is 10.1. The predicted molar refractivity (Wildman–Crippen MR) is 78.2 cm³/mol. The molecule has 0 spiro atoms. The fraction of sp³-hybridized carbons (Fsp3) is 0.0714. The summed E-state index contributed by atoms with van der Waals surface area (Å²) in [5.74, 6) is -0.0924. The number of aromatic amines is 1. The minimum absolute atomic E-state index is 0.0924. The van der Waals surface area contributed by atoms with E-state index in [1.165, 1.54) is 0 Å². The van der Waals surface area contributed by atoms with E-state index in [1.807, 2.05) is 35.7 Å². The molecule has 1 aromatic carbocycles. The SMILES string of the molecule is Nc1ccc2[nH]cc(C(=O)NCc3cccs3)c2c1. The van der Waals surface area contributed by atoms with Crippen LogP contribution in [-0.4, -0.2) is 10.9 Å². The van der Waals surface area contributed by atoms with Crippen LogP contribution in [0.5, 0.6) is 0 Å². The zero-order chi connectivity index (χ0) is 13.2. The number of H-pyrrole nitrogens is 1. The molecule has 1 amide bonds. The highest BCUT2D eigenvalue weighted by atomic mass is 32.1. The van der Waals surface area contributed by atoms with E-state index in [0.717, 1.165) is 15.8 Å². The van der Waals surface area contributed by atoms with Gasteiger partial charge in [0.2, 0.25) is 0 Å². The number of fused-ring (bicyclic) bond motifs is 1. The first-order valence-electron chi connectivity index (χ1n) is 5.91. The smallest absolute Gasteiger partial charge is 0.253 e. The number of benzene rings is 1. The lowest BCUT2D eigenvalue weighted by Gasteiger charge is -2.02. The van der Waals surface area contributed by atoms with Gasteiger partial charge >= 0.3 is 0 Å². The molecule has 0 bridgehead atoms. The number of carbonyl (C=O) groups is 1. The van der Waals surface area contributed by atoms with Crippen LogP contribution in [0.15, 0.2) is 41.9 Å². The van der Waals surface area contributed by atoms with Crippen molar-refractivity contribution in [3.05, 3.63) is 52.3 Å². The molecule has 0 aliphatic rings. The monoisotopic (exact) mass is 271 g/mol. The fourth-order valence-corrected chi connectivity index (χ4v) is 2.65. The molecule has 0 unspecified atom stereocenters. The summed E-state index contributed by atoms with van der Waals surface area (Å²) in [5, 5.41) is 5.75. The fourth-order valence-electron chi connectivity index (χ4n) is 2.00. The second kappa shape index (κ2) is 4.78. The maximum Gasteiger partial charge on any atom is 0.253 e. The Labute approximate surface area is 114 Å². The Hall–Kier alpha value is -2.27. The number of hydrogen-bond acceptors (Lipinski definition) is 3. The Bertz CT molecular complexity index is 715. The van der Waals surface area contributed by atoms with Crippen molar-refractivity contribution in [2.75, 3.05) is 5.73 Å². The minimum Gasteiger partial charge on any atom is -0.399 e. The average Bonchev–Trinajstić information content (AvgIpc) is 3.04. The number of hydrogen-bond donors (Lipinski definition) is 3. The van der Waals surface area contributed by atoms with E-state index < -0.39 is 0 Å². The maximum atomic E-state index is 12.2. The van der Waals surface area contributed by atoms with E-state index in [4.69, 9.17) is 5.73 Å². The first-order chi connectivity index (χ1) is 9.24. The molecular weight excluding hydrogens is 258 g/mol. The molecular formula is C14H13N3OS. The number of aromatic nitrogens is 1. The largest absolute Gasteiger partial charge is 0.399 e. The second-order valence-electron chi connectivity index (χ2n) is 4.27. The molecule has 0 aliphatic carbocycles. The molecule has 3 aromatic rings. The van der Waals surface area contributed by atoms with Crippen molar-refractivity contribution >= 4 is 33.8 Å². The van der Waals surface area contributed by atoms with Crippen LogP contribution in [0.25, 0.3) is 10.9 Å². The van der Waals surface area contributed by atoms with E-state index in [2.05, 4.69) is 10.3 Å². The lowest BCUT2D eigenvalue weighted by molar-refractivity contribution is 0.0953. The van der Waals surface area contributed by atoms with Crippen LogP contribution < -0.4 is 11.1 Å². The van der Waals surface area contributed by atoms with Gasteiger partial charge in [-0.15, -0.1) is 11.3 Å². The first kappa shape index (κ1) is 11.8. The van der Waals surface area contributed by atoms with Crippen LogP contribution in [-0.2, 0) is 6.54 Å². The Morgan fingerprint density at radius 1 is 1.37 bits per heavy atom. The van der Waals surface area contributed by atoms with E-state index in [-0.39, 0.29) is 5.91 Å². The molecule has 0 aliphatic heterocycles. The highest BCUT2D eigenvalue weighted by Gasteiger charge is 2.11. The van der Waals surface area contributed by atoms with Crippen LogP contribution in [0.1, 0.15) is 15.2 Å². The molecule has 3 rings (SSSR count). The number of anilines is 1. The summed E-state index contributed by atoms with van der Waals surface area (Å²) < 4.78 is 0. The van der Waals surface area contributed by atoms with E-state index >= 15 is 0 Å². The molecule has 0 saturated heterocycles. The zero-order valence-corrected chi connectivity index (χ0v) is 11.0. The van der Waals surface area contributed by atoms with E-state index in [0.29, 0.717) is 17.8 Å². The van der Waals surface area contributed by atoms with E-state index in [1.54, 1.807) is 17.5 Å². The highest BCUT2D eigenvalue weighted by Crippen LogP contribution is 2.21. The Morgan fingerprint density at radius 2 is 2.26 bits per heavy atom. The summed E-state index contributed by atoms with van der Waals surface area (Å²) in [6.07, 6.45) is 1.72. The normalized spacial score (nSPS) is 10.7.